The number of aliphatic hydroxyl groups excluding tert-OH is 1. The van der Waals surface area contributed by atoms with Gasteiger partial charge in [-0.25, -0.2) is 0 Å². The first-order chi connectivity index (χ1) is 14.3. The van der Waals surface area contributed by atoms with Crippen LogP contribution in [0.25, 0.3) is 0 Å². The van der Waals surface area contributed by atoms with Crippen LogP contribution in [-0.2, 0) is 16.0 Å². The maximum Gasteiger partial charge on any atom is 0.305 e. The summed E-state index contributed by atoms with van der Waals surface area (Å²) < 4.78 is 5.31. The average Bonchev–Trinajstić information content (AvgIpc) is 2.76. The van der Waals surface area contributed by atoms with Crippen LogP contribution in [0.2, 0.25) is 0 Å². The number of nitrogens with one attached hydrogen (secondary N) is 1. The summed E-state index contributed by atoms with van der Waals surface area (Å²) in [6.07, 6.45) is 7.12. The third kappa shape index (κ3) is 10.8. The molecule has 0 saturated carbocycles. The molecule has 0 bridgehead atoms. The fourth-order valence-corrected chi connectivity index (χ4v) is 3.24. The minimum absolute atomic E-state index is 0.0744. The van der Waals surface area contributed by atoms with E-state index in [1.165, 1.54) is 5.56 Å². The van der Waals surface area contributed by atoms with E-state index in [0.717, 1.165) is 57.1 Å². The molecule has 2 N–H and O–H groups in total. The molecule has 0 heterocycles. The summed E-state index contributed by atoms with van der Waals surface area (Å²) in [4.78, 5) is 11.8. The van der Waals surface area contributed by atoms with Crippen molar-refractivity contribution >= 4 is 5.97 Å². The predicted octanol–water partition coefficient (Wildman–Crippen LogP) is 4.83. The minimum atomic E-state index is -0.455. The fraction of sp³-hybridized carbons (Fsp3) is 0.480. The van der Waals surface area contributed by atoms with Gasteiger partial charge >= 0.3 is 5.97 Å². The molecule has 29 heavy (non-hydrogen) atoms. The average molecular weight is 398 g/mol. The van der Waals surface area contributed by atoms with E-state index in [0.29, 0.717) is 19.6 Å². The van der Waals surface area contributed by atoms with E-state index < -0.39 is 6.10 Å². The largest absolute Gasteiger partial charge is 0.466 e. The van der Waals surface area contributed by atoms with Gasteiger partial charge in [0.05, 0.1) is 12.7 Å². The first kappa shape index (κ1) is 23.1. The van der Waals surface area contributed by atoms with Crippen molar-refractivity contribution < 1.29 is 14.6 Å². The molecule has 0 aromatic heterocycles. The van der Waals surface area contributed by atoms with Crippen LogP contribution < -0.4 is 5.32 Å². The normalized spacial score (nSPS) is 11.9. The Labute approximate surface area is 175 Å². The molecule has 158 valence electrons. The van der Waals surface area contributed by atoms with Crippen molar-refractivity contribution in [2.24, 2.45) is 0 Å². The zero-order valence-electron chi connectivity index (χ0n) is 17.4. The van der Waals surface area contributed by atoms with Gasteiger partial charge in [-0.1, -0.05) is 73.5 Å². The van der Waals surface area contributed by atoms with Gasteiger partial charge in [0.25, 0.3) is 0 Å². The first-order valence-electron chi connectivity index (χ1n) is 10.9. The van der Waals surface area contributed by atoms with E-state index in [-0.39, 0.29) is 5.97 Å². The van der Waals surface area contributed by atoms with E-state index in [4.69, 9.17) is 4.74 Å². The van der Waals surface area contributed by atoms with E-state index in [1.54, 1.807) is 0 Å². The van der Waals surface area contributed by atoms with Crippen molar-refractivity contribution in [1.82, 2.24) is 5.32 Å². The van der Waals surface area contributed by atoms with Crippen LogP contribution in [0.4, 0.5) is 0 Å². The van der Waals surface area contributed by atoms with Crippen LogP contribution in [0.1, 0.15) is 62.2 Å². The van der Waals surface area contributed by atoms with Gasteiger partial charge in [0, 0.05) is 13.0 Å². The molecule has 2 rings (SSSR count). The van der Waals surface area contributed by atoms with Crippen LogP contribution >= 0.6 is 0 Å². The zero-order valence-corrected chi connectivity index (χ0v) is 17.4. The monoisotopic (exact) mass is 397 g/mol. The maximum absolute atomic E-state index is 11.8. The Morgan fingerprint density at radius 2 is 1.55 bits per heavy atom. The third-order valence-electron chi connectivity index (χ3n) is 4.97. The van der Waals surface area contributed by atoms with Crippen molar-refractivity contribution in [3.05, 3.63) is 71.8 Å². The quantitative estimate of drug-likeness (QED) is 0.334. The van der Waals surface area contributed by atoms with Gasteiger partial charge in [-0.2, -0.15) is 0 Å². The Balaban J connectivity index is 1.36. The van der Waals surface area contributed by atoms with E-state index in [9.17, 15) is 9.90 Å². The number of carbonyl (C=O) groups is 1. The molecule has 1 unspecified atom stereocenters. The number of aryl methyl sites for hydroxylation is 1. The van der Waals surface area contributed by atoms with E-state index >= 15 is 0 Å². The number of esters is 1. The van der Waals surface area contributed by atoms with Gasteiger partial charge in [0.2, 0.25) is 0 Å². The number of hydrogen-bond donors (Lipinski definition) is 2. The molecule has 2 aromatic rings. The highest BCUT2D eigenvalue weighted by Crippen LogP contribution is 2.11. The van der Waals surface area contributed by atoms with Crippen molar-refractivity contribution in [1.29, 1.82) is 0 Å². The number of aliphatic hydroxyl groups is 1. The Bertz CT molecular complexity index is 660. The summed E-state index contributed by atoms with van der Waals surface area (Å²) in [6, 6.07) is 20.1. The first-order valence-corrected chi connectivity index (χ1v) is 10.9. The van der Waals surface area contributed by atoms with Gasteiger partial charge in [-0.05, 0) is 49.8 Å². The topological polar surface area (TPSA) is 58.6 Å². The lowest BCUT2D eigenvalue weighted by Gasteiger charge is -2.12. The van der Waals surface area contributed by atoms with Gasteiger partial charge < -0.3 is 15.2 Å². The van der Waals surface area contributed by atoms with Crippen molar-refractivity contribution in [2.45, 2.75) is 57.5 Å². The Kier molecular flexibility index (Phi) is 11.8. The molecule has 0 aliphatic rings. The summed E-state index contributed by atoms with van der Waals surface area (Å²) in [7, 11) is 0. The van der Waals surface area contributed by atoms with E-state index in [1.807, 2.05) is 48.5 Å². The number of rotatable bonds is 15. The summed E-state index contributed by atoms with van der Waals surface area (Å²) in [5.74, 6) is -0.0744. The van der Waals surface area contributed by atoms with Crippen molar-refractivity contribution in [2.75, 3.05) is 19.7 Å². The predicted molar refractivity (Wildman–Crippen MR) is 118 cm³/mol. The molecule has 4 heteroatoms. The molecule has 1 atom stereocenters. The lowest BCUT2D eigenvalue weighted by atomic mass is 10.1. The summed E-state index contributed by atoms with van der Waals surface area (Å²) in [6.45, 7) is 1.99. The summed E-state index contributed by atoms with van der Waals surface area (Å²) in [5, 5.41) is 13.4. The molecule has 0 fully saturated rings. The molecule has 0 aliphatic carbocycles. The lowest BCUT2D eigenvalue weighted by molar-refractivity contribution is -0.143. The number of hydrogen-bond acceptors (Lipinski definition) is 4. The standard InChI is InChI=1S/C25H35NO3/c27-24(23-16-7-4-8-17-23)21-26-19-11-1-2-12-20-29-25(28)18-10-9-15-22-13-5-3-6-14-22/h3-8,13-14,16-17,24,26-27H,1-2,9-12,15,18-21H2. The number of unbranched alkanes of at least 4 members (excludes halogenated alkanes) is 4. The Hall–Kier alpha value is -2.17. The second-order valence-electron chi connectivity index (χ2n) is 7.46. The Morgan fingerprint density at radius 3 is 2.31 bits per heavy atom. The van der Waals surface area contributed by atoms with Crippen LogP contribution in [0.15, 0.2) is 60.7 Å². The van der Waals surface area contributed by atoms with Crippen LogP contribution in [0.3, 0.4) is 0 Å². The number of benzene rings is 2. The summed E-state index contributed by atoms with van der Waals surface area (Å²) >= 11 is 0. The highest BCUT2D eigenvalue weighted by molar-refractivity contribution is 5.69. The molecule has 0 spiro atoms. The van der Waals surface area contributed by atoms with Gasteiger partial charge in [-0.15, -0.1) is 0 Å². The molecule has 0 radical (unpaired) electrons. The number of ether oxygens (including phenoxy) is 1. The SMILES string of the molecule is O=C(CCCCc1ccccc1)OCCCCCCNCC(O)c1ccccc1. The highest BCUT2D eigenvalue weighted by atomic mass is 16.5. The molecule has 0 amide bonds. The highest BCUT2D eigenvalue weighted by Gasteiger charge is 2.05. The minimum Gasteiger partial charge on any atom is -0.466 e. The maximum atomic E-state index is 11.8. The van der Waals surface area contributed by atoms with Crippen molar-refractivity contribution in [3.63, 3.8) is 0 Å². The van der Waals surface area contributed by atoms with Gasteiger partial charge in [0.1, 0.15) is 0 Å². The fourth-order valence-electron chi connectivity index (χ4n) is 3.24. The second-order valence-corrected chi connectivity index (χ2v) is 7.46. The molecular weight excluding hydrogens is 362 g/mol. The molecule has 4 nitrogen and oxygen atoms in total. The molecule has 0 aliphatic heterocycles. The number of carbonyl (C=O) groups excluding carboxylic acids is 1. The smallest absolute Gasteiger partial charge is 0.305 e. The van der Waals surface area contributed by atoms with E-state index in [2.05, 4.69) is 17.4 Å². The van der Waals surface area contributed by atoms with Crippen LogP contribution in [0, 0.1) is 0 Å². The zero-order chi connectivity index (χ0) is 20.6. The third-order valence-corrected chi connectivity index (χ3v) is 4.97. The second kappa shape index (κ2) is 14.8. The molecule has 0 saturated heterocycles. The Morgan fingerprint density at radius 1 is 0.862 bits per heavy atom. The molecular formula is C25H35NO3. The van der Waals surface area contributed by atoms with Crippen LogP contribution in [0.5, 0.6) is 0 Å². The molecule has 2 aromatic carbocycles. The lowest BCUT2D eigenvalue weighted by Crippen LogP contribution is -2.22. The van der Waals surface area contributed by atoms with Gasteiger partial charge in [0.15, 0.2) is 0 Å². The van der Waals surface area contributed by atoms with Crippen molar-refractivity contribution in [3.8, 4) is 0 Å². The van der Waals surface area contributed by atoms with Crippen LogP contribution in [-0.4, -0.2) is 30.8 Å². The van der Waals surface area contributed by atoms with Gasteiger partial charge in [-0.3, -0.25) is 4.79 Å². The summed E-state index contributed by atoms with van der Waals surface area (Å²) in [5.41, 5.74) is 2.27.